The van der Waals surface area contributed by atoms with Crippen LogP contribution in [0.5, 0.6) is 0 Å². The predicted molar refractivity (Wildman–Crippen MR) is 172 cm³/mol. The lowest BCUT2D eigenvalue weighted by molar-refractivity contribution is -0.0278. The lowest BCUT2D eigenvalue weighted by atomic mass is 10.1. The first-order valence-electron chi connectivity index (χ1n) is 17.2. The first-order valence-corrected chi connectivity index (χ1v) is 17.2. The Balaban J connectivity index is 3.04. The number of hydrogen-bond donors (Lipinski definition) is 0. The molecule has 0 saturated carbocycles. The molecule has 0 bridgehead atoms. The summed E-state index contributed by atoms with van der Waals surface area (Å²) in [6, 6.07) is 0. The highest BCUT2D eigenvalue weighted by Gasteiger charge is 1.99. The first kappa shape index (κ1) is 43.6. The van der Waals surface area contributed by atoms with Crippen LogP contribution in [0, 0.1) is 5.92 Å². The summed E-state index contributed by atoms with van der Waals surface area (Å²) in [4.78, 5) is 0. The largest absolute Gasteiger partial charge is 0.379 e. The normalized spacial score (nSPS) is 12.3. The van der Waals surface area contributed by atoms with Gasteiger partial charge in [-0.1, -0.05) is 59.3 Å². The molecule has 0 aromatic heterocycles. The summed E-state index contributed by atoms with van der Waals surface area (Å²) in [6.45, 7) is 19.4. The third-order valence-corrected chi connectivity index (χ3v) is 6.46. The molecule has 0 aliphatic carbocycles. The average Bonchev–Trinajstić information content (AvgIpc) is 3.04. The SMILES string of the molecule is CCCCCCCCOCCOCCOCCOCCOCCOCCOCCOCCOCCOCCOCC(C)CC. The topological polar surface area (TPSA) is 102 Å². The molecule has 44 heavy (non-hydrogen) atoms. The highest BCUT2D eigenvalue weighted by molar-refractivity contribution is 4.46. The van der Waals surface area contributed by atoms with E-state index in [0.29, 0.717) is 138 Å². The summed E-state index contributed by atoms with van der Waals surface area (Å²) < 4.78 is 60.5. The van der Waals surface area contributed by atoms with E-state index < -0.39 is 0 Å². The van der Waals surface area contributed by atoms with Gasteiger partial charge in [0, 0.05) is 13.2 Å². The van der Waals surface area contributed by atoms with E-state index >= 15 is 0 Å². The molecule has 0 radical (unpaired) electrons. The van der Waals surface area contributed by atoms with Crippen molar-refractivity contribution in [2.45, 2.75) is 65.7 Å². The van der Waals surface area contributed by atoms with E-state index in [1.807, 2.05) is 0 Å². The molecular weight excluding hydrogens is 572 g/mol. The lowest BCUT2D eigenvalue weighted by Gasteiger charge is -2.10. The van der Waals surface area contributed by atoms with Crippen LogP contribution in [0.15, 0.2) is 0 Å². The van der Waals surface area contributed by atoms with Crippen LogP contribution in [0.2, 0.25) is 0 Å². The number of hydrogen-bond acceptors (Lipinski definition) is 11. The fraction of sp³-hybridized carbons (Fsp3) is 1.00. The zero-order chi connectivity index (χ0) is 31.9. The van der Waals surface area contributed by atoms with E-state index in [1.54, 1.807) is 0 Å². The summed E-state index contributed by atoms with van der Waals surface area (Å²) in [5.74, 6) is 0.601. The Morgan fingerprint density at radius 2 is 0.545 bits per heavy atom. The highest BCUT2D eigenvalue weighted by atomic mass is 16.6. The van der Waals surface area contributed by atoms with E-state index in [-0.39, 0.29) is 0 Å². The second kappa shape index (κ2) is 40.6. The van der Waals surface area contributed by atoms with Gasteiger partial charge in [0.2, 0.25) is 0 Å². The number of ether oxygens (including phenoxy) is 11. The van der Waals surface area contributed by atoms with Crippen molar-refractivity contribution in [3.63, 3.8) is 0 Å². The maximum atomic E-state index is 5.58. The summed E-state index contributed by atoms with van der Waals surface area (Å²) >= 11 is 0. The minimum atomic E-state index is 0.527. The van der Waals surface area contributed by atoms with Crippen molar-refractivity contribution in [2.75, 3.05) is 145 Å². The fourth-order valence-electron chi connectivity index (χ4n) is 3.59. The summed E-state index contributed by atoms with van der Waals surface area (Å²) in [7, 11) is 0. The van der Waals surface area contributed by atoms with Gasteiger partial charge in [-0.2, -0.15) is 0 Å². The van der Waals surface area contributed by atoms with Crippen molar-refractivity contribution in [2.24, 2.45) is 5.92 Å². The molecule has 0 aromatic rings. The Hall–Kier alpha value is -0.440. The molecule has 0 heterocycles. The average molecular weight is 641 g/mol. The summed E-state index contributed by atoms with van der Waals surface area (Å²) in [6.07, 6.45) is 8.83. The Morgan fingerprint density at radius 1 is 0.295 bits per heavy atom. The first-order chi connectivity index (χ1) is 21.8. The standard InChI is InChI=1S/C33H68O11/c1-4-6-7-8-9-10-11-34-12-13-35-14-15-36-16-17-37-18-19-38-20-21-39-22-23-40-24-25-41-26-27-42-28-29-43-30-31-44-32-33(3)5-2/h33H,4-32H2,1-3H3. The van der Waals surface area contributed by atoms with Crippen LogP contribution >= 0.6 is 0 Å². The second-order valence-electron chi connectivity index (χ2n) is 10.5. The van der Waals surface area contributed by atoms with Gasteiger partial charge in [-0.05, 0) is 12.3 Å². The maximum absolute atomic E-state index is 5.58. The molecule has 0 aromatic carbocycles. The van der Waals surface area contributed by atoms with Crippen LogP contribution in [-0.4, -0.2) is 145 Å². The summed E-state index contributed by atoms with van der Waals surface area (Å²) in [5, 5.41) is 0. The Labute approximate surface area is 269 Å². The van der Waals surface area contributed by atoms with Crippen LogP contribution in [0.4, 0.5) is 0 Å². The number of rotatable bonds is 40. The molecule has 266 valence electrons. The molecule has 0 N–H and O–H groups in total. The molecule has 0 fully saturated rings. The Bertz CT molecular complexity index is 502. The van der Waals surface area contributed by atoms with Crippen molar-refractivity contribution in [1.29, 1.82) is 0 Å². The van der Waals surface area contributed by atoms with E-state index in [9.17, 15) is 0 Å². The van der Waals surface area contributed by atoms with Crippen molar-refractivity contribution < 1.29 is 52.1 Å². The quantitative estimate of drug-likeness (QED) is 0.0881. The van der Waals surface area contributed by atoms with E-state index in [0.717, 1.165) is 26.1 Å². The molecule has 0 aliphatic heterocycles. The molecule has 11 nitrogen and oxygen atoms in total. The Morgan fingerprint density at radius 3 is 0.841 bits per heavy atom. The van der Waals surface area contributed by atoms with Crippen LogP contribution in [-0.2, 0) is 52.1 Å². The van der Waals surface area contributed by atoms with E-state index in [4.69, 9.17) is 52.1 Å². The van der Waals surface area contributed by atoms with E-state index in [1.165, 1.54) is 32.1 Å². The van der Waals surface area contributed by atoms with Crippen LogP contribution in [0.3, 0.4) is 0 Å². The third-order valence-electron chi connectivity index (χ3n) is 6.46. The zero-order valence-electron chi connectivity index (χ0n) is 28.6. The summed E-state index contributed by atoms with van der Waals surface area (Å²) in [5.41, 5.74) is 0. The second-order valence-corrected chi connectivity index (χ2v) is 10.5. The van der Waals surface area contributed by atoms with Gasteiger partial charge in [0.15, 0.2) is 0 Å². The van der Waals surface area contributed by atoms with Gasteiger partial charge in [-0.25, -0.2) is 0 Å². The lowest BCUT2D eigenvalue weighted by Crippen LogP contribution is -2.15. The monoisotopic (exact) mass is 640 g/mol. The van der Waals surface area contributed by atoms with Crippen molar-refractivity contribution in [3.8, 4) is 0 Å². The smallest absolute Gasteiger partial charge is 0.0701 e. The molecule has 0 spiro atoms. The molecule has 0 saturated heterocycles. The zero-order valence-corrected chi connectivity index (χ0v) is 28.6. The molecule has 11 heteroatoms. The van der Waals surface area contributed by atoms with Crippen LogP contribution in [0.1, 0.15) is 65.7 Å². The third kappa shape index (κ3) is 39.6. The van der Waals surface area contributed by atoms with Crippen molar-refractivity contribution in [1.82, 2.24) is 0 Å². The maximum Gasteiger partial charge on any atom is 0.0701 e. The molecule has 1 atom stereocenters. The molecular formula is C33H68O11. The van der Waals surface area contributed by atoms with Gasteiger partial charge >= 0.3 is 0 Å². The van der Waals surface area contributed by atoms with Crippen LogP contribution in [0.25, 0.3) is 0 Å². The van der Waals surface area contributed by atoms with Gasteiger partial charge in [0.1, 0.15) is 0 Å². The minimum absolute atomic E-state index is 0.527. The van der Waals surface area contributed by atoms with Crippen molar-refractivity contribution >= 4 is 0 Å². The molecule has 0 rings (SSSR count). The fourth-order valence-corrected chi connectivity index (χ4v) is 3.59. The molecule has 0 aliphatic rings. The van der Waals surface area contributed by atoms with Crippen LogP contribution < -0.4 is 0 Å². The molecule has 1 unspecified atom stereocenters. The minimum Gasteiger partial charge on any atom is -0.379 e. The highest BCUT2D eigenvalue weighted by Crippen LogP contribution is 2.04. The van der Waals surface area contributed by atoms with E-state index in [2.05, 4.69) is 20.8 Å². The Kier molecular flexibility index (Phi) is 40.2. The van der Waals surface area contributed by atoms with Gasteiger partial charge in [-0.3, -0.25) is 0 Å². The van der Waals surface area contributed by atoms with Gasteiger partial charge in [-0.15, -0.1) is 0 Å². The van der Waals surface area contributed by atoms with Gasteiger partial charge < -0.3 is 52.1 Å². The molecule has 0 amide bonds. The van der Waals surface area contributed by atoms with Gasteiger partial charge in [0.25, 0.3) is 0 Å². The van der Waals surface area contributed by atoms with Gasteiger partial charge in [0.05, 0.1) is 132 Å². The predicted octanol–water partition coefficient (Wildman–Crippen LogP) is 4.58. The van der Waals surface area contributed by atoms with Crippen molar-refractivity contribution in [3.05, 3.63) is 0 Å². The number of unbranched alkanes of at least 4 members (excludes halogenated alkanes) is 5.